The minimum Gasteiger partial charge on any atom is -0.334 e. The van der Waals surface area contributed by atoms with Gasteiger partial charge in [0.1, 0.15) is 12.7 Å². The van der Waals surface area contributed by atoms with Crippen molar-refractivity contribution >= 4 is 6.03 Å². The number of carbonyl (C=O) groups is 1. The number of amides is 2. The molecule has 1 aliphatic heterocycles. The van der Waals surface area contributed by atoms with Gasteiger partial charge in [0, 0.05) is 30.9 Å². The zero-order valence-corrected chi connectivity index (χ0v) is 12.6. The normalized spacial score (nSPS) is 18.2. The Balaban J connectivity index is 1.68. The van der Waals surface area contributed by atoms with Gasteiger partial charge in [0.25, 0.3) is 0 Å². The summed E-state index contributed by atoms with van der Waals surface area (Å²) in [5, 5.41) is 7.08. The molecule has 0 aromatic carbocycles. The maximum Gasteiger partial charge on any atom is 0.317 e. The van der Waals surface area contributed by atoms with E-state index >= 15 is 0 Å². The van der Waals surface area contributed by atoms with Crippen molar-refractivity contribution in [1.82, 2.24) is 30.0 Å². The summed E-state index contributed by atoms with van der Waals surface area (Å²) in [4.78, 5) is 22.5. The van der Waals surface area contributed by atoms with Gasteiger partial charge in [0.2, 0.25) is 0 Å². The highest BCUT2D eigenvalue weighted by Gasteiger charge is 2.23. The van der Waals surface area contributed by atoms with Crippen LogP contribution < -0.4 is 5.32 Å². The van der Waals surface area contributed by atoms with Gasteiger partial charge >= 0.3 is 6.03 Å². The first-order valence-electron chi connectivity index (χ1n) is 7.59. The molecule has 3 heterocycles. The minimum absolute atomic E-state index is 0.0133. The molecule has 0 saturated carbocycles. The summed E-state index contributed by atoms with van der Waals surface area (Å²) in [5.74, 6) is 0.687. The van der Waals surface area contributed by atoms with Crippen LogP contribution in [0.2, 0.25) is 0 Å². The number of piperidine rings is 1. The van der Waals surface area contributed by atoms with E-state index in [0.717, 1.165) is 24.9 Å². The smallest absolute Gasteiger partial charge is 0.317 e. The Kier molecular flexibility index (Phi) is 4.32. The molecule has 2 aromatic rings. The van der Waals surface area contributed by atoms with Gasteiger partial charge in [-0.2, -0.15) is 5.10 Å². The number of nitrogens with zero attached hydrogens (tertiary/aromatic N) is 5. The lowest BCUT2D eigenvalue weighted by atomic mass is 10.0. The molecule has 1 unspecified atom stereocenters. The van der Waals surface area contributed by atoms with Crippen molar-refractivity contribution in [2.75, 3.05) is 6.54 Å². The quantitative estimate of drug-likeness (QED) is 0.937. The molecule has 1 atom stereocenters. The lowest BCUT2D eigenvalue weighted by Crippen LogP contribution is -2.47. The molecule has 22 heavy (non-hydrogen) atoms. The number of aromatic nitrogens is 4. The second kappa shape index (κ2) is 6.55. The third kappa shape index (κ3) is 3.08. The largest absolute Gasteiger partial charge is 0.334 e. The van der Waals surface area contributed by atoms with Crippen LogP contribution in [0.15, 0.2) is 31.0 Å². The summed E-state index contributed by atoms with van der Waals surface area (Å²) in [6.07, 6.45) is 8.12. The zero-order chi connectivity index (χ0) is 15.4. The van der Waals surface area contributed by atoms with Gasteiger partial charge in [-0.3, -0.25) is 0 Å². The monoisotopic (exact) mass is 300 g/mol. The molecule has 1 fully saturated rings. The Morgan fingerprint density at radius 2 is 2.36 bits per heavy atom. The highest BCUT2D eigenvalue weighted by molar-refractivity contribution is 5.74. The highest BCUT2D eigenvalue weighted by atomic mass is 16.2. The lowest BCUT2D eigenvalue weighted by molar-refractivity contribution is 0.158. The van der Waals surface area contributed by atoms with Gasteiger partial charge < -0.3 is 10.2 Å². The maximum absolute atomic E-state index is 12.3. The first-order valence-corrected chi connectivity index (χ1v) is 7.59. The number of likely N-dealkylation sites (tertiary alicyclic amines) is 1. The summed E-state index contributed by atoms with van der Waals surface area (Å²) in [5.41, 5.74) is 0.908. The van der Waals surface area contributed by atoms with E-state index in [9.17, 15) is 4.79 Å². The van der Waals surface area contributed by atoms with Crippen LogP contribution in [0.1, 0.15) is 31.7 Å². The molecule has 0 spiro atoms. The third-order valence-corrected chi connectivity index (χ3v) is 4.00. The van der Waals surface area contributed by atoms with Crippen LogP contribution in [0.3, 0.4) is 0 Å². The van der Waals surface area contributed by atoms with E-state index in [-0.39, 0.29) is 6.03 Å². The van der Waals surface area contributed by atoms with Crippen molar-refractivity contribution in [1.29, 1.82) is 0 Å². The summed E-state index contributed by atoms with van der Waals surface area (Å²) in [6.45, 7) is 3.35. The van der Waals surface area contributed by atoms with E-state index < -0.39 is 0 Å². The number of carbonyl (C=O) groups excluding carboxylic acids is 1. The van der Waals surface area contributed by atoms with E-state index in [0.29, 0.717) is 18.4 Å². The molecule has 0 aliphatic carbocycles. The first kappa shape index (κ1) is 14.5. The van der Waals surface area contributed by atoms with Gasteiger partial charge in [-0.15, -0.1) is 0 Å². The molecular weight excluding hydrogens is 280 g/mol. The molecule has 1 saturated heterocycles. The van der Waals surface area contributed by atoms with Crippen molar-refractivity contribution in [3.8, 4) is 5.82 Å². The summed E-state index contributed by atoms with van der Waals surface area (Å²) in [7, 11) is 0. The Morgan fingerprint density at radius 3 is 3.14 bits per heavy atom. The number of rotatable bonds is 3. The van der Waals surface area contributed by atoms with Crippen LogP contribution in [0.4, 0.5) is 4.79 Å². The van der Waals surface area contributed by atoms with Gasteiger partial charge in [0.05, 0.1) is 0 Å². The molecule has 116 valence electrons. The second-order valence-electron chi connectivity index (χ2n) is 5.52. The van der Waals surface area contributed by atoms with Crippen LogP contribution in [-0.4, -0.2) is 43.3 Å². The van der Waals surface area contributed by atoms with Gasteiger partial charge in [-0.1, -0.05) is 6.07 Å². The predicted molar refractivity (Wildman–Crippen MR) is 81.4 cm³/mol. The van der Waals surface area contributed by atoms with Gasteiger partial charge in [-0.05, 0) is 32.3 Å². The van der Waals surface area contributed by atoms with E-state index in [1.165, 1.54) is 12.7 Å². The van der Waals surface area contributed by atoms with Crippen molar-refractivity contribution in [3.63, 3.8) is 0 Å². The van der Waals surface area contributed by atoms with E-state index in [1.54, 1.807) is 17.2 Å². The maximum atomic E-state index is 12.3. The number of nitrogens with one attached hydrogen (secondary N) is 1. The van der Waals surface area contributed by atoms with Crippen LogP contribution in [-0.2, 0) is 6.54 Å². The van der Waals surface area contributed by atoms with Crippen LogP contribution in [0, 0.1) is 0 Å². The van der Waals surface area contributed by atoms with E-state index in [4.69, 9.17) is 0 Å². The van der Waals surface area contributed by atoms with E-state index in [1.807, 2.05) is 17.0 Å². The number of urea groups is 1. The molecule has 3 rings (SSSR count). The van der Waals surface area contributed by atoms with Crippen molar-refractivity contribution in [2.24, 2.45) is 0 Å². The Bertz CT molecular complexity index is 627. The molecule has 1 aliphatic rings. The first-order chi connectivity index (χ1) is 10.8. The lowest BCUT2D eigenvalue weighted by Gasteiger charge is -2.33. The van der Waals surface area contributed by atoms with Crippen LogP contribution in [0.5, 0.6) is 0 Å². The van der Waals surface area contributed by atoms with Crippen molar-refractivity contribution in [2.45, 2.75) is 38.8 Å². The molecule has 2 aromatic heterocycles. The Morgan fingerprint density at radius 1 is 1.45 bits per heavy atom. The number of hydrogen-bond donors (Lipinski definition) is 1. The molecule has 1 N–H and O–H groups in total. The van der Waals surface area contributed by atoms with Gasteiger partial charge in [-0.25, -0.2) is 19.4 Å². The fraction of sp³-hybridized carbons (Fsp3) is 0.467. The number of hydrogen-bond acceptors (Lipinski definition) is 4. The summed E-state index contributed by atoms with van der Waals surface area (Å²) >= 11 is 0. The Hall–Kier alpha value is -2.44. The summed E-state index contributed by atoms with van der Waals surface area (Å²) < 4.78 is 1.60. The van der Waals surface area contributed by atoms with Crippen LogP contribution in [0.25, 0.3) is 5.82 Å². The average Bonchev–Trinajstić information content (AvgIpc) is 3.07. The third-order valence-electron chi connectivity index (χ3n) is 4.00. The molecule has 7 heteroatoms. The summed E-state index contributed by atoms with van der Waals surface area (Å²) in [6, 6.07) is 4.08. The predicted octanol–water partition coefficient (Wildman–Crippen LogP) is 1.75. The average molecular weight is 300 g/mol. The van der Waals surface area contributed by atoms with E-state index in [2.05, 4.69) is 27.3 Å². The fourth-order valence-electron chi connectivity index (χ4n) is 2.76. The standard InChI is InChI=1S/C15H20N6O/c1-12-5-2-3-8-20(12)15(22)18-9-13-6-4-7-17-14(13)21-11-16-10-19-21/h4,6-7,10-12H,2-3,5,8-9H2,1H3,(H,18,22). The fourth-order valence-corrected chi connectivity index (χ4v) is 2.76. The SMILES string of the molecule is CC1CCCCN1C(=O)NCc1cccnc1-n1cncn1. The molecule has 0 bridgehead atoms. The minimum atomic E-state index is -0.0133. The highest BCUT2D eigenvalue weighted by Crippen LogP contribution is 2.16. The molecule has 2 amide bonds. The zero-order valence-electron chi connectivity index (χ0n) is 12.6. The van der Waals surface area contributed by atoms with Crippen LogP contribution >= 0.6 is 0 Å². The molecule has 0 radical (unpaired) electrons. The van der Waals surface area contributed by atoms with Gasteiger partial charge in [0.15, 0.2) is 5.82 Å². The molecular formula is C15H20N6O. The van der Waals surface area contributed by atoms with Crippen molar-refractivity contribution < 1.29 is 4.79 Å². The topological polar surface area (TPSA) is 75.9 Å². The Labute approximate surface area is 129 Å². The van der Waals surface area contributed by atoms with Crippen molar-refractivity contribution in [3.05, 3.63) is 36.5 Å². The number of pyridine rings is 1. The second-order valence-corrected chi connectivity index (χ2v) is 5.52. The molecule has 7 nitrogen and oxygen atoms in total.